The summed E-state index contributed by atoms with van der Waals surface area (Å²) in [5.74, 6) is -0.0320. The van der Waals surface area contributed by atoms with Crippen LogP contribution in [0.4, 0.5) is 0 Å². The van der Waals surface area contributed by atoms with Crippen LogP contribution in [-0.4, -0.2) is 41.0 Å². The molecule has 6 heteroatoms. The number of ether oxygens (including phenoxy) is 1. The predicted molar refractivity (Wildman–Crippen MR) is 80.9 cm³/mol. The zero-order chi connectivity index (χ0) is 15.2. The summed E-state index contributed by atoms with van der Waals surface area (Å²) in [6.07, 6.45) is 4.43. The van der Waals surface area contributed by atoms with Crippen LogP contribution in [0, 0.1) is 13.8 Å². The van der Waals surface area contributed by atoms with E-state index in [9.17, 15) is 4.79 Å². The van der Waals surface area contributed by atoms with Gasteiger partial charge in [-0.05, 0) is 45.6 Å². The molecule has 1 aliphatic carbocycles. The molecule has 3 N–H and O–H groups in total. The van der Waals surface area contributed by atoms with Crippen LogP contribution in [-0.2, 0) is 16.1 Å². The van der Waals surface area contributed by atoms with Gasteiger partial charge in [-0.15, -0.1) is 0 Å². The van der Waals surface area contributed by atoms with Crippen LogP contribution in [0.1, 0.15) is 37.1 Å². The van der Waals surface area contributed by atoms with Gasteiger partial charge >= 0.3 is 0 Å². The Kier molecular flexibility index (Phi) is 5.76. The molecule has 0 saturated heterocycles. The highest BCUT2D eigenvalue weighted by molar-refractivity contribution is 5.75. The molecule has 0 unspecified atom stereocenters. The Labute approximate surface area is 126 Å². The zero-order valence-corrected chi connectivity index (χ0v) is 13.0. The van der Waals surface area contributed by atoms with Crippen LogP contribution in [0.25, 0.3) is 0 Å². The standard InChI is InChI=1S/C15H26N4O2/c1-11-9-12(2)19(18-11)10-15(20)17-7-8-21-14-5-3-13(16)4-6-14/h9,13-14H,3-8,10,16H2,1-2H3,(H,17,20). The third-order valence-electron chi connectivity index (χ3n) is 3.89. The van der Waals surface area contributed by atoms with E-state index < -0.39 is 0 Å². The number of nitrogens with zero attached hydrogens (tertiary/aromatic N) is 2. The molecule has 2 rings (SSSR count). The molecule has 118 valence electrons. The predicted octanol–water partition coefficient (Wildman–Crippen LogP) is 0.903. The molecular formula is C15H26N4O2. The van der Waals surface area contributed by atoms with Crippen molar-refractivity contribution in [1.29, 1.82) is 0 Å². The molecule has 0 aliphatic heterocycles. The Balaban J connectivity index is 1.60. The fourth-order valence-corrected chi connectivity index (χ4v) is 2.70. The second-order valence-corrected chi connectivity index (χ2v) is 5.84. The molecule has 1 heterocycles. The van der Waals surface area contributed by atoms with Gasteiger partial charge in [-0.2, -0.15) is 5.10 Å². The third kappa shape index (κ3) is 5.13. The quantitative estimate of drug-likeness (QED) is 0.764. The lowest BCUT2D eigenvalue weighted by atomic mass is 9.94. The Bertz CT molecular complexity index is 464. The number of aromatic nitrogens is 2. The molecule has 6 nitrogen and oxygen atoms in total. The highest BCUT2D eigenvalue weighted by Gasteiger charge is 2.18. The Hall–Kier alpha value is -1.40. The van der Waals surface area contributed by atoms with Crippen LogP contribution >= 0.6 is 0 Å². The number of rotatable bonds is 6. The molecule has 1 aromatic heterocycles. The molecule has 0 aromatic carbocycles. The number of carbonyl (C=O) groups excluding carboxylic acids is 1. The first kappa shape index (κ1) is 16.0. The van der Waals surface area contributed by atoms with E-state index >= 15 is 0 Å². The topological polar surface area (TPSA) is 82.2 Å². The summed E-state index contributed by atoms with van der Waals surface area (Å²) in [5.41, 5.74) is 7.79. The van der Waals surface area contributed by atoms with E-state index in [-0.39, 0.29) is 12.5 Å². The Morgan fingerprint density at radius 2 is 2.14 bits per heavy atom. The van der Waals surface area contributed by atoms with Gasteiger partial charge in [0.05, 0.1) is 18.4 Å². The van der Waals surface area contributed by atoms with Gasteiger partial charge in [0, 0.05) is 18.3 Å². The number of nitrogens with two attached hydrogens (primary N) is 1. The minimum atomic E-state index is -0.0320. The van der Waals surface area contributed by atoms with Gasteiger partial charge in [0.25, 0.3) is 0 Å². The van der Waals surface area contributed by atoms with Crippen LogP contribution in [0.15, 0.2) is 6.07 Å². The minimum absolute atomic E-state index is 0.0320. The van der Waals surface area contributed by atoms with E-state index in [0.29, 0.717) is 25.3 Å². The maximum atomic E-state index is 11.8. The lowest BCUT2D eigenvalue weighted by molar-refractivity contribution is -0.122. The van der Waals surface area contributed by atoms with Crippen molar-refractivity contribution >= 4 is 5.91 Å². The maximum Gasteiger partial charge on any atom is 0.241 e. The number of hydrogen-bond acceptors (Lipinski definition) is 4. The Morgan fingerprint density at radius 3 is 2.76 bits per heavy atom. The molecule has 21 heavy (non-hydrogen) atoms. The molecule has 0 spiro atoms. The lowest BCUT2D eigenvalue weighted by Crippen LogP contribution is -2.34. The van der Waals surface area contributed by atoms with E-state index in [0.717, 1.165) is 37.1 Å². The first-order valence-electron chi connectivity index (χ1n) is 7.69. The van der Waals surface area contributed by atoms with Crippen LogP contribution < -0.4 is 11.1 Å². The van der Waals surface area contributed by atoms with Gasteiger partial charge in [-0.25, -0.2) is 0 Å². The number of aryl methyl sites for hydroxylation is 2. The molecule has 1 aliphatic rings. The number of amides is 1. The fraction of sp³-hybridized carbons (Fsp3) is 0.733. The van der Waals surface area contributed by atoms with E-state index in [1.807, 2.05) is 19.9 Å². The van der Waals surface area contributed by atoms with Crippen molar-refractivity contribution in [3.63, 3.8) is 0 Å². The average Bonchev–Trinajstić information content (AvgIpc) is 2.75. The summed E-state index contributed by atoms with van der Waals surface area (Å²) >= 11 is 0. The van der Waals surface area contributed by atoms with Gasteiger partial charge in [0.1, 0.15) is 6.54 Å². The third-order valence-corrected chi connectivity index (χ3v) is 3.89. The van der Waals surface area contributed by atoms with Crippen molar-refractivity contribution in [2.75, 3.05) is 13.2 Å². The van der Waals surface area contributed by atoms with Gasteiger partial charge in [-0.3, -0.25) is 9.48 Å². The first-order valence-corrected chi connectivity index (χ1v) is 7.69. The van der Waals surface area contributed by atoms with Gasteiger partial charge in [0.15, 0.2) is 0 Å². The van der Waals surface area contributed by atoms with Gasteiger partial charge < -0.3 is 15.8 Å². The second-order valence-electron chi connectivity index (χ2n) is 5.84. The monoisotopic (exact) mass is 294 g/mol. The highest BCUT2D eigenvalue weighted by atomic mass is 16.5. The second kappa shape index (κ2) is 7.56. The van der Waals surface area contributed by atoms with E-state index in [1.165, 1.54) is 0 Å². The molecule has 0 radical (unpaired) electrons. The fourth-order valence-electron chi connectivity index (χ4n) is 2.70. The van der Waals surface area contributed by atoms with Crippen LogP contribution in [0.5, 0.6) is 0 Å². The number of carbonyl (C=O) groups is 1. The zero-order valence-electron chi connectivity index (χ0n) is 13.0. The summed E-state index contributed by atoms with van der Waals surface area (Å²) in [7, 11) is 0. The molecule has 0 bridgehead atoms. The average molecular weight is 294 g/mol. The summed E-state index contributed by atoms with van der Waals surface area (Å²) < 4.78 is 7.48. The van der Waals surface area contributed by atoms with E-state index in [4.69, 9.17) is 10.5 Å². The first-order chi connectivity index (χ1) is 10.0. The summed E-state index contributed by atoms with van der Waals surface area (Å²) in [6, 6.07) is 2.30. The van der Waals surface area contributed by atoms with Crippen molar-refractivity contribution in [2.24, 2.45) is 5.73 Å². The largest absolute Gasteiger partial charge is 0.376 e. The molecule has 0 atom stereocenters. The number of nitrogens with one attached hydrogen (secondary N) is 1. The van der Waals surface area contributed by atoms with Crippen molar-refractivity contribution in [3.05, 3.63) is 17.5 Å². The smallest absolute Gasteiger partial charge is 0.241 e. The van der Waals surface area contributed by atoms with Gasteiger partial charge in [0.2, 0.25) is 5.91 Å². The number of hydrogen-bond donors (Lipinski definition) is 2. The highest BCUT2D eigenvalue weighted by Crippen LogP contribution is 2.19. The summed E-state index contributed by atoms with van der Waals surface area (Å²) in [6.45, 7) is 5.23. The summed E-state index contributed by atoms with van der Waals surface area (Å²) in [4.78, 5) is 11.8. The molecule has 1 aromatic rings. The van der Waals surface area contributed by atoms with Crippen LogP contribution in [0.3, 0.4) is 0 Å². The Morgan fingerprint density at radius 1 is 1.43 bits per heavy atom. The van der Waals surface area contributed by atoms with E-state index in [2.05, 4.69) is 10.4 Å². The summed E-state index contributed by atoms with van der Waals surface area (Å²) in [5, 5.41) is 7.14. The lowest BCUT2D eigenvalue weighted by Gasteiger charge is -2.26. The van der Waals surface area contributed by atoms with Gasteiger partial charge in [-0.1, -0.05) is 0 Å². The SMILES string of the molecule is Cc1cc(C)n(CC(=O)NCCOC2CCC(N)CC2)n1. The molecule has 1 amide bonds. The van der Waals surface area contributed by atoms with Crippen molar-refractivity contribution in [3.8, 4) is 0 Å². The molecule has 1 saturated carbocycles. The minimum Gasteiger partial charge on any atom is -0.376 e. The van der Waals surface area contributed by atoms with Crippen molar-refractivity contribution in [1.82, 2.24) is 15.1 Å². The maximum absolute atomic E-state index is 11.8. The molecular weight excluding hydrogens is 268 g/mol. The normalized spacial score (nSPS) is 22.2. The van der Waals surface area contributed by atoms with Crippen LogP contribution in [0.2, 0.25) is 0 Å². The van der Waals surface area contributed by atoms with Crippen molar-refractivity contribution < 1.29 is 9.53 Å². The van der Waals surface area contributed by atoms with Crippen molar-refractivity contribution in [2.45, 2.75) is 58.2 Å². The van der Waals surface area contributed by atoms with E-state index in [1.54, 1.807) is 4.68 Å². The molecule has 1 fully saturated rings.